The third kappa shape index (κ3) is 49.6. The summed E-state index contributed by atoms with van der Waals surface area (Å²) < 4.78 is 5.47. The van der Waals surface area contributed by atoms with Crippen LogP contribution in [0.1, 0.15) is 303 Å². The summed E-state index contributed by atoms with van der Waals surface area (Å²) in [5.74, 6) is -0.0601. The largest absolute Gasteiger partial charge is 0.466 e. The van der Waals surface area contributed by atoms with Crippen LogP contribution in [0, 0.1) is 0 Å². The van der Waals surface area contributed by atoms with Crippen LogP contribution in [0.25, 0.3) is 0 Å². The Morgan fingerprint density at radius 3 is 1.13 bits per heavy atom. The predicted molar refractivity (Wildman–Crippen MR) is 273 cm³/mol. The van der Waals surface area contributed by atoms with Crippen LogP contribution in [0.5, 0.6) is 0 Å². The molecule has 0 heterocycles. The van der Waals surface area contributed by atoms with E-state index in [1.54, 1.807) is 6.08 Å². The molecule has 0 aromatic rings. The lowest BCUT2D eigenvalue weighted by Crippen LogP contribution is -2.45. The van der Waals surface area contributed by atoms with Gasteiger partial charge in [0.25, 0.3) is 0 Å². The molecule has 0 aliphatic rings. The minimum Gasteiger partial charge on any atom is -0.466 e. The third-order valence-electron chi connectivity index (χ3n) is 13.0. The molecule has 0 saturated heterocycles. The Morgan fingerprint density at radius 1 is 0.429 bits per heavy atom. The van der Waals surface area contributed by atoms with Crippen LogP contribution in [-0.4, -0.2) is 47.4 Å². The second-order valence-electron chi connectivity index (χ2n) is 19.3. The summed E-state index contributed by atoms with van der Waals surface area (Å²) in [7, 11) is 0. The SMILES string of the molecule is CCCCCCCCC/C=C/C(O)C(CO)NC(=O)CCCCCCCCCCC/C=C\CCCCCCCCCCCCCCOC(=O)CCCCCCCCCCCCCC. The number of aliphatic hydroxyl groups excluding tert-OH is 2. The van der Waals surface area contributed by atoms with Gasteiger partial charge < -0.3 is 20.3 Å². The zero-order chi connectivity index (χ0) is 45.8. The number of ether oxygens (including phenoxy) is 1. The molecule has 0 rings (SSSR count). The molecule has 0 aromatic heterocycles. The first-order valence-corrected chi connectivity index (χ1v) is 28.1. The van der Waals surface area contributed by atoms with E-state index in [0.29, 0.717) is 19.4 Å². The maximum absolute atomic E-state index is 12.4. The van der Waals surface area contributed by atoms with Crippen molar-refractivity contribution >= 4 is 11.9 Å². The Morgan fingerprint density at radius 2 is 0.746 bits per heavy atom. The van der Waals surface area contributed by atoms with Crippen LogP contribution in [0.2, 0.25) is 0 Å². The number of unbranched alkanes of at least 4 members (excludes halogenated alkanes) is 39. The highest BCUT2D eigenvalue weighted by molar-refractivity contribution is 5.76. The molecule has 0 bridgehead atoms. The predicted octanol–water partition coefficient (Wildman–Crippen LogP) is 17.1. The average Bonchev–Trinajstić information content (AvgIpc) is 3.28. The van der Waals surface area contributed by atoms with Crippen LogP contribution in [0.15, 0.2) is 24.3 Å². The van der Waals surface area contributed by atoms with E-state index in [4.69, 9.17) is 4.74 Å². The van der Waals surface area contributed by atoms with Gasteiger partial charge in [-0.05, 0) is 57.8 Å². The Hall–Kier alpha value is -1.66. The normalized spacial score (nSPS) is 12.8. The van der Waals surface area contributed by atoms with Gasteiger partial charge in [0.15, 0.2) is 0 Å². The first-order valence-electron chi connectivity index (χ1n) is 28.1. The second-order valence-corrected chi connectivity index (χ2v) is 19.3. The summed E-state index contributed by atoms with van der Waals surface area (Å²) in [4.78, 5) is 24.4. The number of hydrogen-bond donors (Lipinski definition) is 3. The Kier molecular flexibility index (Phi) is 51.6. The first kappa shape index (κ1) is 61.3. The lowest BCUT2D eigenvalue weighted by atomic mass is 10.0. The van der Waals surface area contributed by atoms with Gasteiger partial charge in [0.1, 0.15) is 0 Å². The Labute approximate surface area is 392 Å². The van der Waals surface area contributed by atoms with Gasteiger partial charge >= 0.3 is 5.97 Å². The number of esters is 1. The topological polar surface area (TPSA) is 95.9 Å². The van der Waals surface area contributed by atoms with E-state index >= 15 is 0 Å². The molecule has 6 heteroatoms. The molecule has 1 amide bonds. The van der Waals surface area contributed by atoms with Crippen molar-refractivity contribution in [3.8, 4) is 0 Å². The summed E-state index contributed by atoms with van der Waals surface area (Å²) in [5, 5.41) is 22.9. The van der Waals surface area contributed by atoms with Gasteiger partial charge in [-0.25, -0.2) is 0 Å². The summed E-state index contributed by atoms with van der Waals surface area (Å²) in [6.45, 7) is 4.88. The zero-order valence-corrected chi connectivity index (χ0v) is 42.3. The van der Waals surface area contributed by atoms with Crippen LogP contribution in [0.3, 0.4) is 0 Å². The van der Waals surface area contributed by atoms with Crippen molar-refractivity contribution in [2.24, 2.45) is 0 Å². The Balaban J connectivity index is 3.38. The molecular formula is C57H109NO5. The fourth-order valence-electron chi connectivity index (χ4n) is 8.63. The molecule has 0 aliphatic carbocycles. The number of carbonyl (C=O) groups excluding carboxylic acids is 2. The summed E-state index contributed by atoms with van der Waals surface area (Å²) >= 11 is 0. The summed E-state index contributed by atoms with van der Waals surface area (Å²) in [6.07, 6.45) is 63.6. The maximum atomic E-state index is 12.4. The first-order chi connectivity index (χ1) is 31.0. The fraction of sp³-hybridized carbons (Fsp3) is 0.895. The van der Waals surface area contributed by atoms with Gasteiger partial charge in [0, 0.05) is 12.8 Å². The van der Waals surface area contributed by atoms with E-state index in [9.17, 15) is 19.8 Å². The number of aliphatic hydroxyl groups is 2. The maximum Gasteiger partial charge on any atom is 0.305 e. The monoisotopic (exact) mass is 888 g/mol. The molecular weight excluding hydrogens is 779 g/mol. The molecule has 2 atom stereocenters. The number of hydrogen-bond acceptors (Lipinski definition) is 5. The standard InChI is InChI=1S/C57H109NO5/c1-3-5-7-9-11-13-14-31-35-39-43-47-51-57(62)63-52-48-44-40-36-32-29-27-25-23-21-19-17-15-16-18-20-22-24-26-28-30-34-38-42-46-50-56(61)58-54(53-59)55(60)49-45-41-37-33-12-10-8-6-4-2/h16,18,45,49,54-55,59-60H,3-15,17,19-44,46-48,50-53H2,1-2H3,(H,58,61)/b18-16-,49-45+. The highest BCUT2D eigenvalue weighted by Gasteiger charge is 2.18. The van der Waals surface area contributed by atoms with Crippen LogP contribution in [-0.2, 0) is 14.3 Å². The van der Waals surface area contributed by atoms with E-state index < -0.39 is 12.1 Å². The molecule has 0 aromatic carbocycles. The lowest BCUT2D eigenvalue weighted by molar-refractivity contribution is -0.143. The summed E-state index contributed by atoms with van der Waals surface area (Å²) in [6, 6.07) is -0.627. The number of nitrogens with one attached hydrogen (secondary N) is 1. The number of rotatable bonds is 52. The van der Waals surface area contributed by atoms with Crippen molar-refractivity contribution in [2.75, 3.05) is 13.2 Å². The van der Waals surface area contributed by atoms with E-state index in [2.05, 4.69) is 31.3 Å². The Bertz CT molecular complexity index is 982. The minimum absolute atomic E-state index is 0.0134. The molecule has 0 spiro atoms. The van der Waals surface area contributed by atoms with Gasteiger partial charge in [-0.3, -0.25) is 9.59 Å². The molecule has 0 radical (unpaired) electrons. The van der Waals surface area contributed by atoms with Crippen molar-refractivity contribution < 1.29 is 24.5 Å². The molecule has 63 heavy (non-hydrogen) atoms. The van der Waals surface area contributed by atoms with Crippen molar-refractivity contribution in [2.45, 2.75) is 315 Å². The smallest absolute Gasteiger partial charge is 0.305 e. The molecule has 3 N–H and O–H groups in total. The average molecular weight is 889 g/mol. The number of carbonyl (C=O) groups is 2. The lowest BCUT2D eigenvalue weighted by Gasteiger charge is -2.20. The van der Waals surface area contributed by atoms with Crippen LogP contribution >= 0.6 is 0 Å². The molecule has 0 fully saturated rings. The van der Waals surface area contributed by atoms with E-state index in [1.165, 1.54) is 238 Å². The molecule has 6 nitrogen and oxygen atoms in total. The highest BCUT2D eigenvalue weighted by Crippen LogP contribution is 2.16. The summed E-state index contributed by atoms with van der Waals surface area (Å²) in [5.41, 5.74) is 0. The minimum atomic E-state index is -0.843. The van der Waals surface area contributed by atoms with Crippen LogP contribution in [0.4, 0.5) is 0 Å². The highest BCUT2D eigenvalue weighted by atomic mass is 16.5. The van der Waals surface area contributed by atoms with E-state index in [0.717, 1.165) is 38.5 Å². The van der Waals surface area contributed by atoms with Crippen molar-refractivity contribution in [3.05, 3.63) is 24.3 Å². The van der Waals surface area contributed by atoms with Gasteiger partial charge in [-0.2, -0.15) is 0 Å². The van der Waals surface area contributed by atoms with Crippen LogP contribution < -0.4 is 5.32 Å². The second kappa shape index (κ2) is 53.0. The molecule has 0 aliphatic heterocycles. The quantitative estimate of drug-likeness (QED) is 0.0321. The molecule has 372 valence electrons. The van der Waals surface area contributed by atoms with Crippen molar-refractivity contribution in [1.82, 2.24) is 5.32 Å². The fourth-order valence-corrected chi connectivity index (χ4v) is 8.63. The molecule has 2 unspecified atom stereocenters. The van der Waals surface area contributed by atoms with Gasteiger partial charge in [-0.1, -0.05) is 256 Å². The third-order valence-corrected chi connectivity index (χ3v) is 13.0. The molecule has 0 saturated carbocycles. The zero-order valence-electron chi connectivity index (χ0n) is 42.3. The number of amides is 1. The van der Waals surface area contributed by atoms with E-state index in [-0.39, 0.29) is 18.5 Å². The van der Waals surface area contributed by atoms with Gasteiger partial charge in [0.05, 0.1) is 25.4 Å². The number of allylic oxidation sites excluding steroid dienone is 3. The van der Waals surface area contributed by atoms with Crippen molar-refractivity contribution in [1.29, 1.82) is 0 Å². The van der Waals surface area contributed by atoms with Gasteiger partial charge in [-0.15, -0.1) is 0 Å². The van der Waals surface area contributed by atoms with E-state index in [1.807, 2.05) is 6.08 Å². The van der Waals surface area contributed by atoms with Gasteiger partial charge in [0.2, 0.25) is 5.91 Å². The van der Waals surface area contributed by atoms with Crippen molar-refractivity contribution in [3.63, 3.8) is 0 Å².